The highest BCUT2D eigenvalue weighted by Crippen LogP contribution is 2.57. The molecule has 9 aliphatic rings. The molecule has 7 aliphatic carbocycles. The second kappa shape index (κ2) is 11.5. The van der Waals surface area contributed by atoms with Gasteiger partial charge in [0.05, 0.1) is 24.3 Å². The van der Waals surface area contributed by atoms with Gasteiger partial charge in [0.2, 0.25) is 0 Å². The van der Waals surface area contributed by atoms with E-state index in [1.807, 2.05) is 0 Å². The summed E-state index contributed by atoms with van der Waals surface area (Å²) in [5.74, 6) is 3.00. The predicted octanol–water partition coefficient (Wildman–Crippen LogP) is 10.6. The van der Waals surface area contributed by atoms with Crippen LogP contribution >= 0.6 is 0 Å². The molecule has 2 aliphatic heterocycles. The normalized spacial score (nSPS) is 38.5. The topological polar surface area (TPSA) is 15.7 Å². The fourth-order valence-corrected chi connectivity index (χ4v) is 12.2. The first-order valence-electron chi connectivity index (χ1n) is 19.8. The summed E-state index contributed by atoms with van der Waals surface area (Å²) >= 11 is 0. The lowest BCUT2D eigenvalue weighted by Crippen LogP contribution is -2.45. The molecule has 10 rings (SSSR count). The van der Waals surface area contributed by atoms with Crippen molar-refractivity contribution < 1.29 is 4.74 Å². The molecule has 0 aromatic heterocycles. The summed E-state index contributed by atoms with van der Waals surface area (Å²) in [6, 6.07) is 8.51. The van der Waals surface area contributed by atoms with E-state index in [0.717, 1.165) is 0 Å². The molecule has 1 saturated carbocycles. The second-order valence-electron chi connectivity index (χ2n) is 17.1. The van der Waals surface area contributed by atoms with Crippen molar-refractivity contribution in [3.63, 3.8) is 0 Å². The zero-order valence-corrected chi connectivity index (χ0v) is 29.2. The number of nitrogens with zero attached hydrogens (tertiary/aromatic N) is 2. The monoisotopic (exact) mass is 638 g/mol. The number of rotatable bonds is 4. The fourth-order valence-electron chi connectivity index (χ4n) is 12.2. The number of anilines is 1. The Morgan fingerprint density at radius 2 is 1.79 bits per heavy atom. The van der Waals surface area contributed by atoms with Crippen LogP contribution in [0, 0.1) is 23.7 Å². The van der Waals surface area contributed by atoms with Crippen LogP contribution in [0.2, 0.25) is 0 Å². The Kier molecular flexibility index (Phi) is 7.15. The third-order valence-corrected chi connectivity index (χ3v) is 14.4. The van der Waals surface area contributed by atoms with Gasteiger partial charge in [0.1, 0.15) is 0 Å². The van der Waals surface area contributed by atoms with Crippen LogP contribution in [-0.2, 0) is 10.2 Å². The summed E-state index contributed by atoms with van der Waals surface area (Å²) in [4.78, 5) is 5.62. The van der Waals surface area contributed by atoms with Crippen molar-refractivity contribution in [1.82, 2.24) is 4.90 Å². The van der Waals surface area contributed by atoms with Crippen LogP contribution in [0.4, 0.5) is 5.69 Å². The van der Waals surface area contributed by atoms with Crippen molar-refractivity contribution >= 4 is 5.69 Å². The zero-order valence-electron chi connectivity index (χ0n) is 29.2. The smallest absolute Gasteiger partial charge is 0.0849 e. The van der Waals surface area contributed by atoms with Gasteiger partial charge in [0, 0.05) is 34.6 Å². The molecule has 3 nitrogen and oxygen atoms in total. The minimum absolute atomic E-state index is 0.210. The molecule has 1 aromatic rings. The molecule has 9 unspecified atom stereocenters. The Balaban J connectivity index is 1.08. The number of benzene rings is 1. The zero-order chi connectivity index (χ0) is 32.0. The maximum atomic E-state index is 6.86. The van der Waals surface area contributed by atoms with Crippen molar-refractivity contribution in [2.75, 3.05) is 4.90 Å². The quantitative estimate of drug-likeness (QED) is 0.305. The van der Waals surface area contributed by atoms with Crippen LogP contribution in [0.25, 0.3) is 0 Å². The van der Waals surface area contributed by atoms with Crippen molar-refractivity contribution in [3.05, 3.63) is 113 Å². The van der Waals surface area contributed by atoms with E-state index in [9.17, 15) is 0 Å². The van der Waals surface area contributed by atoms with Crippen molar-refractivity contribution in [1.29, 1.82) is 0 Å². The minimum Gasteiger partial charge on any atom is -0.370 e. The first kappa shape index (κ1) is 29.8. The lowest BCUT2D eigenvalue weighted by atomic mass is 9.72. The van der Waals surface area contributed by atoms with E-state index in [4.69, 9.17) is 4.74 Å². The van der Waals surface area contributed by atoms with Crippen LogP contribution in [0.5, 0.6) is 0 Å². The summed E-state index contributed by atoms with van der Waals surface area (Å²) in [7, 11) is 0. The minimum atomic E-state index is 0.210. The van der Waals surface area contributed by atoms with E-state index in [1.54, 1.807) is 22.4 Å². The molecular formula is C45H54N2O. The Bertz CT molecular complexity index is 1700. The van der Waals surface area contributed by atoms with Gasteiger partial charge in [-0.1, -0.05) is 81.4 Å². The van der Waals surface area contributed by atoms with E-state index in [1.165, 1.54) is 101 Å². The second-order valence-corrected chi connectivity index (χ2v) is 17.1. The Morgan fingerprint density at radius 3 is 2.71 bits per heavy atom. The highest BCUT2D eigenvalue weighted by molar-refractivity contribution is 5.63. The first-order chi connectivity index (χ1) is 23.6. The average molecular weight is 639 g/mol. The van der Waals surface area contributed by atoms with E-state index in [0.29, 0.717) is 47.8 Å². The van der Waals surface area contributed by atoms with E-state index < -0.39 is 0 Å². The summed E-state index contributed by atoms with van der Waals surface area (Å²) in [6.07, 6.45) is 41.6. The molecule has 2 fully saturated rings. The van der Waals surface area contributed by atoms with Crippen LogP contribution in [0.15, 0.2) is 102 Å². The van der Waals surface area contributed by atoms with Gasteiger partial charge in [-0.3, -0.25) is 0 Å². The highest BCUT2D eigenvalue weighted by Gasteiger charge is 2.51. The number of ether oxygens (including phenoxy) is 1. The third-order valence-electron chi connectivity index (χ3n) is 14.4. The number of hydrogen-bond donors (Lipinski definition) is 0. The number of hydrogen-bond acceptors (Lipinski definition) is 3. The number of fused-ring (bicyclic) bond motifs is 8. The van der Waals surface area contributed by atoms with E-state index in [-0.39, 0.29) is 11.5 Å². The average Bonchev–Trinajstić information content (AvgIpc) is 3.75. The lowest BCUT2D eigenvalue weighted by Gasteiger charge is -2.44. The van der Waals surface area contributed by atoms with Gasteiger partial charge >= 0.3 is 0 Å². The molecule has 0 N–H and O–H groups in total. The lowest BCUT2D eigenvalue weighted by molar-refractivity contribution is 0.0373. The molecule has 1 aromatic carbocycles. The third kappa shape index (κ3) is 4.48. The fraction of sp³-hybridized carbons (Fsp3) is 0.556. The van der Waals surface area contributed by atoms with Crippen LogP contribution < -0.4 is 4.90 Å². The van der Waals surface area contributed by atoms with Crippen LogP contribution in [-0.4, -0.2) is 29.2 Å². The number of allylic oxidation sites excluding steroid dienone is 8. The molecule has 0 spiro atoms. The molecule has 1 saturated heterocycles. The van der Waals surface area contributed by atoms with Crippen molar-refractivity contribution in [2.24, 2.45) is 23.7 Å². The van der Waals surface area contributed by atoms with Gasteiger partial charge in [-0.25, -0.2) is 0 Å². The molecule has 3 heteroatoms. The maximum absolute atomic E-state index is 6.86. The maximum Gasteiger partial charge on any atom is 0.0849 e. The van der Waals surface area contributed by atoms with Crippen molar-refractivity contribution in [2.45, 2.75) is 133 Å². The van der Waals surface area contributed by atoms with Gasteiger partial charge in [-0.15, -0.1) is 0 Å². The first-order valence-corrected chi connectivity index (χ1v) is 19.8. The van der Waals surface area contributed by atoms with Crippen LogP contribution in [0.1, 0.15) is 114 Å². The summed E-state index contributed by atoms with van der Waals surface area (Å²) in [6.45, 7) is 5.01. The van der Waals surface area contributed by atoms with Gasteiger partial charge in [0.25, 0.3) is 0 Å². The standard InChI is InChI=1S/C45H54N2O/c1-45(2)37-18-9-6-15-32(37)35-27-30(23-25-38(35)45)46(41-20-12-22-43-44(41)34-17-8-11-21-42(34)48-43)31-24-26-40-36(28-31)33-16-7-10-19-39(33)47(40)29-13-4-3-5-14-29/h4,6,9,12-14,20,22-27,31-32,34,36-37,40,42-44H,3,5,7-8,10-11,15-19,21,28H2,1-2H3. The predicted molar refractivity (Wildman–Crippen MR) is 196 cm³/mol. The van der Waals surface area contributed by atoms with E-state index in [2.05, 4.69) is 103 Å². The SMILES string of the molecule is CC1(C)c2ccc(N(C3=CC=CC4OC5CCCCC5C34)C3C=CC4C(C3)C3=C(CCCC3)N4C3=CCCC=C3)cc2C2CC=CCC21. The molecule has 0 amide bonds. The van der Waals surface area contributed by atoms with Gasteiger partial charge in [-0.2, -0.15) is 0 Å². The largest absolute Gasteiger partial charge is 0.370 e. The molecular weight excluding hydrogens is 585 g/mol. The Hall–Kier alpha value is -3.04. The van der Waals surface area contributed by atoms with Crippen molar-refractivity contribution in [3.8, 4) is 0 Å². The molecule has 0 radical (unpaired) electrons. The molecule has 9 atom stereocenters. The molecule has 0 bridgehead atoms. The summed E-state index contributed by atoms with van der Waals surface area (Å²) in [5.41, 5.74) is 11.3. The Morgan fingerprint density at radius 1 is 0.896 bits per heavy atom. The van der Waals surface area contributed by atoms with Gasteiger partial charge in [0.15, 0.2) is 0 Å². The molecule has 2 heterocycles. The highest BCUT2D eigenvalue weighted by atomic mass is 16.5. The van der Waals surface area contributed by atoms with Gasteiger partial charge < -0.3 is 14.5 Å². The summed E-state index contributed by atoms with van der Waals surface area (Å²) < 4.78 is 6.86. The molecule has 48 heavy (non-hydrogen) atoms. The summed E-state index contributed by atoms with van der Waals surface area (Å²) in [5, 5.41) is 0. The van der Waals surface area contributed by atoms with Gasteiger partial charge in [-0.05, 0) is 135 Å². The van der Waals surface area contributed by atoms with Crippen LogP contribution in [0.3, 0.4) is 0 Å². The van der Waals surface area contributed by atoms with E-state index >= 15 is 0 Å². The molecule has 250 valence electrons. The Labute approximate surface area is 288 Å².